The molecule has 0 saturated heterocycles. The van der Waals surface area contributed by atoms with Gasteiger partial charge in [0, 0.05) is 0 Å². The average Bonchev–Trinajstić information content (AvgIpc) is 2.25. The molecule has 15 heavy (non-hydrogen) atoms. The molecule has 1 heteroatoms. The van der Waals surface area contributed by atoms with Crippen LogP contribution in [-0.4, -0.2) is 5.11 Å². The molecule has 0 spiro atoms. The van der Waals surface area contributed by atoms with E-state index in [0.29, 0.717) is 5.92 Å². The predicted octanol–water partition coefficient (Wildman–Crippen LogP) is 3.33. The molecule has 1 aliphatic carbocycles. The van der Waals surface area contributed by atoms with Crippen molar-refractivity contribution in [3.63, 3.8) is 0 Å². The van der Waals surface area contributed by atoms with Crippen LogP contribution in [-0.2, 0) is 5.60 Å². The van der Waals surface area contributed by atoms with E-state index in [1.807, 2.05) is 30.3 Å². The van der Waals surface area contributed by atoms with Crippen LogP contribution in [0.15, 0.2) is 30.3 Å². The lowest BCUT2D eigenvalue weighted by Crippen LogP contribution is -2.38. The van der Waals surface area contributed by atoms with Crippen molar-refractivity contribution in [1.29, 1.82) is 0 Å². The lowest BCUT2D eigenvalue weighted by molar-refractivity contribution is -0.0587. The van der Waals surface area contributed by atoms with Crippen molar-refractivity contribution in [2.45, 2.75) is 38.7 Å². The highest BCUT2D eigenvalue weighted by molar-refractivity contribution is 5.23. The number of hydrogen-bond acceptors (Lipinski definition) is 1. The highest BCUT2D eigenvalue weighted by atomic mass is 16.3. The van der Waals surface area contributed by atoms with Gasteiger partial charge in [-0.1, -0.05) is 44.2 Å². The fourth-order valence-electron chi connectivity index (χ4n) is 2.78. The zero-order valence-electron chi connectivity index (χ0n) is 9.61. The predicted molar refractivity (Wildman–Crippen MR) is 62.5 cm³/mol. The maximum atomic E-state index is 10.7. The van der Waals surface area contributed by atoms with Crippen molar-refractivity contribution < 1.29 is 5.11 Å². The third kappa shape index (κ3) is 1.93. The Kier molecular flexibility index (Phi) is 2.83. The second-order valence-electron chi connectivity index (χ2n) is 5.07. The van der Waals surface area contributed by atoms with Crippen molar-refractivity contribution in [2.24, 2.45) is 11.8 Å². The molecule has 1 fully saturated rings. The van der Waals surface area contributed by atoms with Crippen molar-refractivity contribution in [1.82, 2.24) is 0 Å². The smallest absolute Gasteiger partial charge is 0.0922 e. The third-order valence-corrected chi connectivity index (χ3v) is 3.86. The van der Waals surface area contributed by atoms with E-state index in [2.05, 4.69) is 13.8 Å². The third-order valence-electron chi connectivity index (χ3n) is 3.86. The van der Waals surface area contributed by atoms with Crippen LogP contribution in [0, 0.1) is 11.8 Å². The summed E-state index contributed by atoms with van der Waals surface area (Å²) in [6.07, 6.45) is 3.17. The molecule has 1 aliphatic rings. The second kappa shape index (κ2) is 3.97. The van der Waals surface area contributed by atoms with E-state index in [4.69, 9.17) is 0 Å². The van der Waals surface area contributed by atoms with E-state index in [1.54, 1.807) is 0 Å². The van der Waals surface area contributed by atoms with Gasteiger partial charge in [-0.25, -0.2) is 0 Å². The molecule has 0 radical (unpaired) electrons. The average molecular weight is 204 g/mol. The fourth-order valence-corrected chi connectivity index (χ4v) is 2.78. The Morgan fingerprint density at radius 1 is 1.20 bits per heavy atom. The summed E-state index contributed by atoms with van der Waals surface area (Å²) in [7, 11) is 0. The SMILES string of the molecule is C[C@@H]1CC[C@@](O)(c2ccccc2)[C@@H](C)C1. The maximum Gasteiger partial charge on any atom is 0.0922 e. The van der Waals surface area contributed by atoms with E-state index in [1.165, 1.54) is 0 Å². The van der Waals surface area contributed by atoms with Crippen LogP contribution in [0.1, 0.15) is 38.7 Å². The van der Waals surface area contributed by atoms with Gasteiger partial charge in [0.15, 0.2) is 0 Å². The quantitative estimate of drug-likeness (QED) is 0.744. The maximum absolute atomic E-state index is 10.7. The highest BCUT2D eigenvalue weighted by Gasteiger charge is 2.39. The molecule has 82 valence electrons. The monoisotopic (exact) mass is 204 g/mol. The van der Waals surface area contributed by atoms with Crippen LogP contribution in [0.5, 0.6) is 0 Å². The zero-order chi connectivity index (χ0) is 10.9. The second-order valence-corrected chi connectivity index (χ2v) is 5.07. The van der Waals surface area contributed by atoms with Gasteiger partial charge in [0.2, 0.25) is 0 Å². The van der Waals surface area contributed by atoms with Crippen LogP contribution in [0.2, 0.25) is 0 Å². The summed E-state index contributed by atoms with van der Waals surface area (Å²) in [4.78, 5) is 0. The zero-order valence-corrected chi connectivity index (χ0v) is 9.61. The largest absolute Gasteiger partial charge is 0.385 e. The molecule has 0 aromatic heterocycles. The summed E-state index contributed by atoms with van der Waals surface area (Å²) in [5, 5.41) is 10.7. The summed E-state index contributed by atoms with van der Waals surface area (Å²) in [5.74, 6) is 1.12. The molecule has 2 rings (SSSR count). The first-order chi connectivity index (χ1) is 7.13. The van der Waals surface area contributed by atoms with Gasteiger partial charge in [-0.05, 0) is 36.7 Å². The standard InChI is InChI=1S/C14H20O/c1-11-8-9-14(15,12(2)10-11)13-6-4-3-5-7-13/h3-7,11-12,15H,8-10H2,1-2H3/t11-,12+,14+/m1/s1. The Labute approximate surface area is 92.1 Å². The first-order valence-electron chi connectivity index (χ1n) is 5.91. The molecule has 0 amide bonds. The minimum atomic E-state index is -0.590. The summed E-state index contributed by atoms with van der Waals surface area (Å²) in [5.41, 5.74) is 0.498. The molecule has 0 unspecified atom stereocenters. The van der Waals surface area contributed by atoms with Gasteiger partial charge >= 0.3 is 0 Å². The number of rotatable bonds is 1. The Bertz CT molecular complexity index is 319. The summed E-state index contributed by atoms with van der Waals surface area (Å²) in [6.45, 7) is 4.45. The Morgan fingerprint density at radius 3 is 2.47 bits per heavy atom. The molecule has 1 nitrogen and oxygen atoms in total. The van der Waals surface area contributed by atoms with Crippen molar-refractivity contribution >= 4 is 0 Å². The molecule has 0 aliphatic heterocycles. The number of aliphatic hydroxyl groups is 1. The van der Waals surface area contributed by atoms with Gasteiger partial charge in [-0.2, -0.15) is 0 Å². The molecule has 1 aromatic carbocycles. The van der Waals surface area contributed by atoms with Crippen LogP contribution < -0.4 is 0 Å². The van der Waals surface area contributed by atoms with Gasteiger partial charge < -0.3 is 5.11 Å². The van der Waals surface area contributed by atoms with E-state index >= 15 is 0 Å². The molecular weight excluding hydrogens is 184 g/mol. The Balaban J connectivity index is 2.27. The minimum absolute atomic E-state index is 0.364. The highest BCUT2D eigenvalue weighted by Crippen LogP contribution is 2.43. The molecule has 0 heterocycles. The van der Waals surface area contributed by atoms with Crippen molar-refractivity contribution in [3.05, 3.63) is 35.9 Å². The van der Waals surface area contributed by atoms with Gasteiger partial charge in [-0.15, -0.1) is 0 Å². The van der Waals surface area contributed by atoms with Crippen LogP contribution in [0.25, 0.3) is 0 Å². The van der Waals surface area contributed by atoms with E-state index < -0.39 is 5.60 Å². The van der Waals surface area contributed by atoms with Crippen LogP contribution in [0.4, 0.5) is 0 Å². The van der Waals surface area contributed by atoms with Gasteiger partial charge in [0.25, 0.3) is 0 Å². The first-order valence-corrected chi connectivity index (χ1v) is 5.91. The Morgan fingerprint density at radius 2 is 1.87 bits per heavy atom. The topological polar surface area (TPSA) is 20.2 Å². The molecule has 1 aromatic rings. The lowest BCUT2D eigenvalue weighted by Gasteiger charge is -2.41. The van der Waals surface area contributed by atoms with Gasteiger partial charge in [0.1, 0.15) is 0 Å². The van der Waals surface area contributed by atoms with E-state index in [0.717, 1.165) is 30.7 Å². The van der Waals surface area contributed by atoms with Crippen molar-refractivity contribution in [2.75, 3.05) is 0 Å². The normalized spacial score (nSPS) is 36.5. The lowest BCUT2D eigenvalue weighted by atomic mass is 9.69. The van der Waals surface area contributed by atoms with Crippen molar-refractivity contribution in [3.8, 4) is 0 Å². The first kappa shape index (κ1) is 10.7. The van der Waals surface area contributed by atoms with Crippen LogP contribution >= 0.6 is 0 Å². The molecule has 3 atom stereocenters. The summed E-state index contributed by atoms with van der Waals surface area (Å²) in [6, 6.07) is 10.1. The number of benzene rings is 1. The Hall–Kier alpha value is -0.820. The molecular formula is C14H20O. The fraction of sp³-hybridized carbons (Fsp3) is 0.571. The molecule has 1 saturated carbocycles. The molecule has 0 bridgehead atoms. The minimum Gasteiger partial charge on any atom is -0.385 e. The van der Waals surface area contributed by atoms with Crippen LogP contribution in [0.3, 0.4) is 0 Å². The summed E-state index contributed by atoms with van der Waals surface area (Å²) < 4.78 is 0. The molecule has 1 N–H and O–H groups in total. The van der Waals surface area contributed by atoms with Gasteiger partial charge in [0.05, 0.1) is 5.60 Å². The van der Waals surface area contributed by atoms with Gasteiger partial charge in [-0.3, -0.25) is 0 Å². The van der Waals surface area contributed by atoms with E-state index in [-0.39, 0.29) is 0 Å². The number of hydrogen-bond donors (Lipinski definition) is 1. The summed E-state index contributed by atoms with van der Waals surface area (Å²) >= 11 is 0. The van der Waals surface area contributed by atoms with E-state index in [9.17, 15) is 5.11 Å².